The first-order chi connectivity index (χ1) is 8.03. The maximum atomic E-state index is 11.6. The summed E-state index contributed by atoms with van der Waals surface area (Å²) in [6.07, 6.45) is 3.34. The highest BCUT2D eigenvalue weighted by Gasteiger charge is 2.18. The average Bonchev–Trinajstić information content (AvgIpc) is 2.30. The van der Waals surface area contributed by atoms with Crippen LogP contribution in [0.15, 0.2) is 0 Å². The SMILES string of the molecule is CCC(C)(C)NC(=O)COCC1CCCNC1. The van der Waals surface area contributed by atoms with E-state index in [9.17, 15) is 4.79 Å². The number of hydrogen-bond donors (Lipinski definition) is 2. The summed E-state index contributed by atoms with van der Waals surface area (Å²) in [6.45, 7) is 9.11. The van der Waals surface area contributed by atoms with E-state index < -0.39 is 0 Å². The zero-order valence-corrected chi connectivity index (χ0v) is 11.3. The van der Waals surface area contributed by atoms with Gasteiger partial charge in [-0.15, -0.1) is 0 Å². The van der Waals surface area contributed by atoms with Crippen LogP contribution in [0, 0.1) is 5.92 Å². The molecule has 1 atom stereocenters. The molecule has 1 fully saturated rings. The molecular formula is C13H26N2O2. The van der Waals surface area contributed by atoms with E-state index in [2.05, 4.69) is 17.6 Å². The molecule has 1 aliphatic heterocycles. The minimum atomic E-state index is -0.132. The molecule has 0 aliphatic carbocycles. The van der Waals surface area contributed by atoms with Gasteiger partial charge in [0, 0.05) is 12.1 Å². The monoisotopic (exact) mass is 242 g/mol. The van der Waals surface area contributed by atoms with Crippen LogP contribution in [0.2, 0.25) is 0 Å². The van der Waals surface area contributed by atoms with Crippen molar-refractivity contribution in [3.63, 3.8) is 0 Å². The molecule has 1 amide bonds. The van der Waals surface area contributed by atoms with Crippen LogP contribution in [0.5, 0.6) is 0 Å². The van der Waals surface area contributed by atoms with Gasteiger partial charge in [0.2, 0.25) is 5.91 Å². The number of carbonyl (C=O) groups is 1. The molecule has 0 bridgehead atoms. The molecule has 1 unspecified atom stereocenters. The summed E-state index contributed by atoms with van der Waals surface area (Å²) in [5.41, 5.74) is -0.132. The molecular weight excluding hydrogens is 216 g/mol. The quantitative estimate of drug-likeness (QED) is 0.738. The number of carbonyl (C=O) groups excluding carboxylic acids is 1. The van der Waals surface area contributed by atoms with Gasteiger partial charge in [0.25, 0.3) is 0 Å². The van der Waals surface area contributed by atoms with Gasteiger partial charge in [-0.2, -0.15) is 0 Å². The van der Waals surface area contributed by atoms with Crippen molar-refractivity contribution in [1.29, 1.82) is 0 Å². The lowest BCUT2D eigenvalue weighted by atomic mass is 10.0. The van der Waals surface area contributed by atoms with E-state index in [-0.39, 0.29) is 18.1 Å². The fourth-order valence-corrected chi connectivity index (χ4v) is 1.89. The smallest absolute Gasteiger partial charge is 0.246 e. The van der Waals surface area contributed by atoms with Gasteiger partial charge in [0.05, 0.1) is 6.61 Å². The van der Waals surface area contributed by atoms with Crippen LogP contribution >= 0.6 is 0 Å². The molecule has 2 N–H and O–H groups in total. The third kappa shape index (κ3) is 6.03. The Balaban J connectivity index is 2.11. The van der Waals surface area contributed by atoms with Gasteiger partial charge >= 0.3 is 0 Å². The Morgan fingerprint density at radius 1 is 1.53 bits per heavy atom. The molecule has 1 rings (SSSR count). The van der Waals surface area contributed by atoms with Crippen LogP contribution in [-0.4, -0.2) is 37.7 Å². The first-order valence-corrected chi connectivity index (χ1v) is 6.63. The zero-order chi connectivity index (χ0) is 12.7. The molecule has 1 aliphatic rings. The minimum Gasteiger partial charge on any atom is -0.371 e. The van der Waals surface area contributed by atoms with Crippen molar-refractivity contribution in [2.75, 3.05) is 26.3 Å². The maximum Gasteiger partial charge on any atom is 0.246 e. The second-order valence-electron chi connectivity index (χ2n) is 5.51. The van der Waals surface area contributed by atoms with Crippen LogP contribution in [-0.2, 0) is 9.53 Å². The third-order valence-electron chi connectivity index (χ3n) is 3.35. The number of rotatable bonds is 6. The normalized spacial score (nSPS) is 21.2. The van der Waals surface area contributed by atoms with Crippen molar-refractivity contribution in [3.8, 4) is 0 Å². The van der Waals surface area contributed by atoms with E-state index in [0.29, 0.717) is 12.5 Å². The van der Waals surface area contributed by atoms with Crippen LogP contribution in [0.1, 0.15) is 40.0 Å². The van der Waals surface area contributed by atoms with E-state index in [1.165, 1.54) is 12.8 Å². The van der Waals surface area contributed by atoms with Crippen molar-refractivity contribution in [2.24, 2.45) is 5.92 Å². The fraction of sp³-hybridized carbons (Fsp3) is 0.923. The van der Waals surface area contributed by atoms with Crippen molar-refractivity contribution >= 4 is 5.91 Å². The Morgan fingerprint density at radius 3 is 2.88 bits per heavy atom. The van der Waals surface area contributed by atoms with Crippen molar-refractivity contribution in [2.45, 2.75) is 45.6 Å². The standard InChI is InChI=1S/C13H26N2O2/c1-4-13(2,3)15-12(16)10-17-9-11-6-5-7-14-8-11/h11,14H,4-10H2,1-3H3,(H,15,16). The van der Waals surface area contributed by atoms with Gasteiger partial charge in [-0.25, -0.2) is 0 Å². The van der Waals surface area contributed by atoms with Gasteiger partial charge in [-0.1, -0.05) is 6.92 Å². The Bertz CT molecular complexity index is 236. The highest BCUT2D eigenvalue weighted by molar-refractivity contribution is 5.77. The summed E-state index contributed by atoms with van der Waals surface area (Å²) < 4.78 is 5.47. The Kier molecular flexibility index (Phi) is 5.92. The molecule has 1 saturated heterocycles. The lowest BCUT2D eigenvalue weighted by Crippen LogP contribution is -2.44. The predicted molar refractivity (Wildman–Crippen MR) is 68.9 cm³/mol. The maximum absolute atomic E-state index is 11.6. The topological polar surface area (TPSA) is 50.4 Å². The van der Waals surface area contributed by atoms with Gasteiger partial charge < -0.3 is 15.4 Å². The zero-order valence-electron chi connectivity index (χ0n) is 11.3. The summed E-state index contributed by atoms with van der Waals surface area (Å²) in [4.78, 5) is 11.6. The molecule has 17 heavy (non-hydrogen) atoms. The van der Waals surface area contributed by atoms with Crippen molar-refractivity contribution < 1.29 is 9.53 Å². The number of hydrogen-bond acceptors (Lipinski definition) is 3. The third-order valence-corrected chi connectivity index (χ3v) is 3.35. The Morgan fingerprint density at radius 2 is 2.29 bits per heavy atom. The molecule has 0 aromatic rings. The average molecular weight is 242 g/mol. The molecule has 4 heteroatoms. The molecule has 0 aromatic carbocycles. The van der Waals surface area contributed by atoms with Crippen LogP contribution < -0.4 is 10.6 Å². The van der Waals surface area contributed by atoms with Crippen LogP contribution in [0.25, 0.3) is 0 Å². The van der Waals surface area contributed by atoms with Crippen LogP contribution in [0.4, 0.5) is 0 Å². The highest BCUT2D eigenvalue weighted by atomic mass is 16.5. The number of amides is 1. The van der Waals surface area contributed by atoms with E-state index in [0.717, 1.165) is 19.5 Å². The molecule has 0 spiro atoms. The Labute approximate surface area is 104 Å². The second kappa shape index (κ2) is 6.97. The minimum absolute atomic E-state index is 0.0133. The number of ether oxygens (including phenoxy) is 1. The van der Waals surface area contributed by atoms with E-state index >= 15 is 0 Å². The summed E-state index contributed by atoms with van der Waals surface area (Å²) >= 11 is 0. The first-order valence-electron chi connectivity index (χ1n) is 6.63. The molecule has 0 aromatic heterocycles. The summed E-state index contributed by atoms with van der Waals surface area (Å²) in [5, 5.41) is 6.30. The van der Waals surface area contributed by atoms with Gasteiger partial charge in [0.1, 0.15) is 6.61 Å². The predicted octanol–water partition coefficient (Wildman–Crippen LogP) is 1.31. The second-order valence-corrected chi connectivity index (χ2v) is 5.51. The van der Waals surface area contributed by atoms with Crippen molar-refractivity contribution in [1.82, 2.24) is 10.6 Å². The molecule has 4 nitrogen and oxygen atoms in total. The number of piperidine rings is 1. The molecule has 0 radical (unpaired) electrons. The lowest BCUT2D eigenvalue weighted by Gasteiger charge is -2.25. The molecule has 100 valence electrons. The summed E-state index contributed by atoms with van der Waals surface area (Å²) in [5.74, 6) is 0.552. The van der Waals surface area contributed by atoms with Crippen LogP contribution in [0.3, 0.4) is 0 Å². The first kappa shape index (κ1) is 14.5. The number of nitrogens with one attached hydrogen (secondary N) is 2. The van der Waals surface area contributed by atoms with Gasteiger partial charge in [0.15, 0.2) is 0 Å². The summed E-state index contributed by atoms with van der Waals surface area (Å²) in [6, 6.07) is 0. The van der Waals surface area contributed by atoms with E-state index in [1.54, 1.807) is 0 Å². The van der Waals surface area contributed by atoms with E-state index in [1.807, 2.05) is 13.8 Å². The largest absolute Gasteiger partial charge is 0.371 e. The van der Waals surface area contributed by atoms with Gasteiger partial charge in [-0.05, 0) is 45.6 Å². The molecule has 0 saturated carbocycles. The summed E-state index contributed by atoms with van der Waals surface area (Å²) in [7, 11) is 0. The lowest BCUT2D eigenvalue weighted by molar-refractivity contribution is -0.127. The van der Waals surface area contributed by atoms with Gasteiger partial charge in [-0.3, -0.25) is 4.79 Å². The fourth-order valence-electron chi connectivity index (χ4n) is 1.89. The van der Waals surface area contributed by atoms with E-state index in [4.69, 9.17) is 4.74 Å². The van der Waals surface area contributed by atoms with Crippen molar-refractivity contribution in [3.05, 3.63) is 0 Å². The highest BCUT2D eigenvalue weighted by Crippen LogP contribution is 2.10. The Hall–Kier alpha value is -0.610. The molecule has 1 heterocycles.